The Labute approximate surface area is 127 Å². The summed E-state index contributed by atoms with van der Waals surface area (Å²) < 4.78 is 0. The molecule has 4 nitrogen and oxygen atoms in total. The number of carbonyl (C=O) groups excluding carboxylic acids is 1. The van der Waals surface area contributed by atoms with Crippen molar-refractivity contribution in [3.63, 3.8) is 0 Å². The van der Waals surface area contributed by atoms with Crippen molar-refractivity contribution in [1.82, 2.24) is 10.2 Å². The van der Waals surface area contributed by atoms with E-state index >= 15 is 0 Å². The number of nitrogens with two attached hydrogens (primary N) is 1. The topological polar surface area (TPSA) is 58.4 Å². The molecule has 1 aliphatic carbocycles. The number of thiocarbonyl (C=S) groups is 1. The van der Waals surface area contributed by atoms with E-state index in [-0.39, 0.29) is 5.91 Å². The minimum Gasteiger partial charge on any atom is -0.392 e. The molecule has 1 amide bonds. The zero-order valence-corrected chi connectivity index (χ0v) is 13.3. The average Bonchev–Trinajstić information content (AvgIpc) is 2.92. The molecule has 2 rings (SSSR count). The van der Waals surface area contributed by atoms with E-state index in [1.807, 2.05) is 0 Å². The summed E-state index contributed by atoms with van der Waals surface area (Å²) in [5.74, 6) is 0.0626. The number of hydrogen-bond acceptors (Lipinski definition) is 3. The highest BCUT2D eigenvalue weighted by atomic mass is 32.1. The van der Waals surface area contributed by atoms with E-state index in [9.17, 15) is 4.79 Å². The van der Waals surface area contributed by atoms with Crippen LogP contribution < -0.4 is 11.1 Å². The van der Waals surface area contributed by atoms with Crippen molar-refractivity contribution in [3.05, 3.63) is 0 Å². The first kappa shape index (κ1) is 15.7. The fourth-order valence-corrected chi connectivity index (χ4v) is 3.96. The zero-order chi connectivity index (χ0) is 14.6. The highest BCUT2D eigenvalue weighted by Crippen LogP contribution is 2.37. The van der Waals surface area contributed by atoms with E-state index < -0.39 is 5.41 Å². The van der Waals surface area contributed by atoms with Gasteiger partial charge in [-0.25, -0.2) is 0 Å². The molecule has 0 spiro atoms. The zero-order valence-electron chi connectivity index (χ0n) is 12.5. The maximum Gasteiger partial charge on any atom is 0.233 e. The summed E-state index contributed by atoms with van der Waals surface area (Å²) >= 11 is 5.21. The van der Waals surface area contributed by atoms with E-state index in [0.717, 1.165) is 45.3 Å². The lowest BCUT2D eigenvalue weighted by Crippen LogP contribution is -2.52. The van der Waals surface area contributed by atoms with Gasteiger partial charge in [0.15, 0.2) is 0 Å². The van der Waals surface area contributed by atoms with Gasteiger partial charge < -0.3 is 11.1 Å². The van der Waals surface area contributed by atoms with Crippen LogP contribution in [0, 0.1) is 5.41 Å². The van der Waals surface area contributed by atoms with Crippen molar-refractivity contribution in [2.45, 2.75) is 57.9 Å². The molecule has 1 unspecified atom stereocenters. The Bertz CT molecular complexity index is 366. The highest BCUT2D eigenvalue weighted by Gasteiger charge is 2.42. The Morgan fingerprint density at radius 3 is 2.65 bits per heavy atom. The van der Waals surface area contributed by atoms with Gasteiger partial charge in [0, 0.05) is 12.6 Å². The molecular formula is C15H27N3OS. The van der Waals surface area contributed by atoms with E-state index in [0.29, 0.717) is 11.0 Å². The second-order valence-corrected chi connectivity index (χ2v) is 6.58. The molecule has 0 aromatic rings. The summed E-state index contributed by atoms with van der Waals surface area (Å²) in [5.41, 5.74) is 5.32. The molecule has 0 radical (unpaired) electrons. The van der Waals surface area contributed by atoms with Crippen LogP contribution in [-0.2, 0) is 4.79 Å². The smallest absolute Gasteiger partial charge is 0.233 e. The van der Waals surface area contributed by atoms with Crippen molar-refractivity contribution < 1.29 is 4.79 Å². The van der Waals surface area contributed by atoms with Gasteiger partial charge >= 0.3 is 0 Å². The van der Waals surface area contributed by atoms with Gasteiger partial charge in [0.25, 0.3) is 0 Å². The highest BCUT2D eigenvalue weighted by molar-refractivity contribution is 7.80. The first-order valence-electron chi connectivity index (χ1n) is 7.92. The number of likely N-dealkylation sites (N-methyl/N-ethyl adjacent to an activating group) is 1. The van der Waals surface area contributed by atoms with Crippen LogP contribution in [0.3, 0.4) is 0 Å². The van der Waals surface area contributed by atoms with E-state index in [4.69, 9.17) is 18.0 Å². The van der Waals surface area contributed by atoms with Crippen LogP contribution in [0.5, 0.6) is 0 Å². The van der Waals surface area contributed by atoms with Crippen LogP contribution in [0.4, 0.5) is 0 Å². The third kappa shape index (κ3) is 3.14. The molecule has 2 aliphatic rings. The third-order valence-electron chi connectivity index (χ3n) is 5.02. The lowest BCUT2D eigenvalue weighted by Gasteiger charge is -2.35. The molecule has 1 saturated carbocycles. The number of carbonyl (C=O) groups is 1. The van der Waals surface area contributed by atoms with Gasteiger partial charge in [0.2, 0.25) is 5.91 Å². The van der Waals surface area contributed by atoms with Gasteiger partial charge in [0.1, 0.15) is 0 Å². The monoisotopic (exact) mass is 297 g/mol. The van der Waals surface area contributed by atoms with Gasteiger partial charge in [-0.1, -0.05) is 38.4 Å². The average molecular weight is 297 g/mol. The molecule has 0 aromatic heterocycles. The molecule has 1 atom stereocenters. The van der Waals surface area contributed by atoms with Gasteiger partial charge in [-0.05, 0) is 38.8 Å². The number of hydrogen-bond donors (Lipinski definition) is 2. The largest absolute Gasteiger partial charge is 0.392 e. The SMILES string of the molecule is CCN1CCCC1CNC(=O)C1(C(N)=S)CCCCC1. The van der Waals surface area contributed by atoms with Gasteiger partial charge in [0.05, 0.1) is 10.4 Å². The summed E-state index contributed by atoms with van der Waals surface area (Å²) in [4.78, 5) is 15.4. The van der Waals surface area contributed by atoms with Gasteiger partial charge in [-0.15, -0.1) is 0 Å². The molecule has 114 valence electrons. The van der Waals surface area contributed by atoms with Gasteiger partial charge in [-0.3, -0.25) is 9.69 Å². The predicted octanol–water partition coefficient (Wildman–Crippen LogP) is 1.82. The maximum absolute atomic E-state index is 12.6. The lowest BCUT2D eigenvalue weighted by atomic mass is 9.73. The molecule has 1 saturated heterocycles. The Morgan fingerprint density at radius 1 is 1.35 bits per heavy atom. The van der Waals surface area contributed by atoms with Crippen LogP contribution in [-0.4, -0.2) is 41.5 Å². The van der Waals surface area contributed by atoms with Crippen LogP contribution >= 0.6 is 12.2 Å². The molecule has 0 aromatic carbocycles. The second kappa shape index (κ2) is 6.85. The number of amides is 1. The molecule has 2 fully saturated rings. The Kier molecular flexibility index (Phi) is 5.38. The van der Waals surface area contributed by atoms with Crippen molar-refractivity contribution in [2.75, 3.05) is 19.6 Å². The molecule has 5 heteroatoms. The van der Waals surface area contributed by atoms with Gasteiger partial charge in [-0.2, -0.15) is 0 Å². The van der Waals surface area contributed by atoms with Crippen molar-refractivity contribution in [2.24, 2.45) is 11.1 Å². The second-order valence-electron chi connectivity index (χ2n) is 6.14. The van der Waals surface area contributed by atoms with E-state index in [1.165, 1.54) is 19.3 Å². The fraction of sp³-hybridized carbons (Fsp3) is 0.867. The molecule has 0 bridgehead atoms. The van der Waals surface area contributed by atoms with Crippen molar-refractivity contribution >= 4 is 23.1 Å². The number of nitrogens with one attached hydrogen (secondary N) is 1. The standard InChI is InChI=1S/C15H27N3OS/c1-2-18-10-6-7-12(18)11-17-14(19)15(13(16)20)8-4-3-5-9-15/h12H,2-11H2,1H3,(H2,16,20)(H,17,19). The summed E-state index contributed by atoms with van der Waals surface area (Å²) in [6.07, 6.45) is 7.32. The number of likely N-dealkylation sites (tertiary alicyclic amines) is 1. The normalized spacial score (nSPS) is 26.4. The molecule has 1 heterocycles. The number of rotatable bonds is 5. The number of nitrogens with zero attached hydrogens (tertiary/aromatic N) is 1. The molecular weight excluding hydrogens is 270 g/mol. The maximum atomic E-state index is 12.6. The van der Waals surface area contributed by atoms with Crippen LogP contribution in [0.2, 0.25) is 0 Å². The Morgan fingerprint density at radius 2 is 2.05 bits per heavy atom. The van der Waals surface area contributed by atoms with Crippen LogP contribution in [0.1, 0.15) is 51.9 Å². The predicted molar refractivity (Wildman–Crippen MR) is 85.6 cm³/mol. The minimum atomic E-state index is -0.580. The van der Waals surface area contributed by atoms with Crippen LogP contribution in [0.25, 0.3) is 0 Å². The fourth-order valence-electron chi connectivity index (χ4n) is 3.66. The summed E-state index contributed by atoms with van der Waals surface area (Å²) in [6.45, 7) is 5.12. The minimum absolute atomic E-state index is 0.0626. The molecule has 3 N–H and O–H groups in total. The van der Waals surface area contributed by atoms with Crippen molar-refractivity contribution in [1.29, 1.82) is 0 Å². The molecule has 1 aliphatic heterocycles. The third-order valence-corrected chi connectivity index (χ3v) is 5.41. The first-order chi connectivity index (χ1) is 9.60. The first-order valence-corrected chi connectivity index (χ1v) is 8.33. The summed E-state index contributed by atoms with van der Waals surface area (Å²) in [7, 11) is 0. The molecule has 20 heavy (non-hydrogen) atoms. The van der Waals surface area contributed by atoms with Crippen molar-refractivity contribution in [3.8, 4) is 0 Å². The van der Waals surface area contributed by atoms with E-state index in [1.54, 1.807) is 0 Å². The quantitative estimate of drug-likeness (QED) is 0.760. The lowest BCUT2D eigenvalue weighted by molar-refractivity contribution is -0.129. The Hall–Kier alpha value is -0.680. The van der Waals surface area contributed by atoms with E-state index in [2.05, 4.69) is 17.1 Å². The Balaban J connectivity index is 1.93. The summed E-state index contributed by atoms with van der Waals surface area (Å²) in [6, 6.07) is 0.482. The van der Waals surface area contributed by atoms with Crippen LogP contribution in [0.15, 0.2) is 0 Å². The summed E-state index contributed by atoms with van der Waals surface area (Å²) in [5, 5.41) is 3.13.